The topological polar surface area (TPSA) is 46.8 Å². The summed E-state index contributed by atoms with van der Waals surface area (Å²) in [4.78, 5) is 15.6. The van der Waals surface area contributed by atoms with Gasteiger partial charge in [-0.25, -0.2) is 15.0 Å². The lowest BCUT2D eigenvalue weighted by Crippen LogP contribution is -2.22. The SMILES string of the molecule is Cc1cc(N(C)CCCn2ccnc2C)nc(C(C)C)n1. The van der Waals surface area contributed by atoms with Gasteiger partial charge in [-0.2, -0.15) is 0 Å². The second-order valence-corrected chi connectivity index (χ2v) is 5.82. The van der Waals surface area contributed by atoms with Crippen LogP contribution in [0.15, 0.2) is 18.5 Å². The standard InChI is InChI=1S/C16H25N5/c1-12(2)16-18-13(3)11-15(19-16)20(5)8-6-9-21-10-7-17-14(21)4/h7,10-12H,6,8-9H2,1-5H3. The Balaban J connectivity index is 1.97. The van der Waals surface area contributed by atoms with Crippen LogP contribution in [0.4, 0.5) is 5.82 Å². The van der Waals surface area contributed by atoms with Gasteiger partial charge in [0.15, 0.2) is 0 Å². The van der Waals surface area contributed by atoms with Gasteiger partial charge >= 0.3 is 0 Å². The fourth-order valence-electron chi connectivity index (χ4n) is 2.26. The van der Waals surface area contributed by atoms with E-state index in [9.17, 15) is 0 Å². The molecule has 0 saturated heterocycles. The molecule has 2 aromatic heterocycles. The minimum absolute atomic E-state index is 0.352. The van der Waals surface area contributed by atoms with Gasteiger partial charge in [0.1, 0.15) is 17.5 Å². The maximum absolute atomic E-state index is 4.66. The third-order valence-corrected chi connectivity index (χ3v) is 3.58. The van der Waals surface area contributed by atoms with Crippen molar-refractivity contribution in [1.82, 2.24) is 19.5 Å². The van der Waals surface area contributed by atoms with E-state index in [1.54, 1.807) is 0 Å². The third-order valence-electron chi connectivity index (χ3n) is 3.58. The first kappa shape index (κ1) is 15.5. The molecule has 2 aromatic rings. The van der Waals surface area contributed by atoms with E-state index >= 15 is 0 Å². The largest absolute Gasteiger partial charge is 0.359 e. The molecule has 0 aliphatic carbocycles. The monoisotopic (exact) mass is 287 g/mol. The Bertz CT molecular complexity index is 588. The molecule has 2 heterocycles. The average molecular weight is 287 g/mol. The number of nitrogens with zero attached hydrogens (tertiary/aromatic N) is 5. The highest BCUT2D eigenvalue weighted by atomic mass is 15.2. The first-order valence-corrected chi connectivity index (χ1v) is 7.52. The number of hydrogen-bond acceptors (Lipinski definition) is 4. The van der Waals surface area contributed by atoms with Gasteiger partial charge in [0.05, 0.1) is 0 Å². The highest BCUT2D eigenvalue weighted by Crippen LogP contribution is 2.16. The van der Waals surface area contributed by atoms with E-state index < -0.39 is 0 Å². The van der Waals surface area contributed by atoms with Crippen LogP contribution in [0.25, 0.3) is 0 Å². The van der Waals surface area contributed by atoms with Crippen LogP contribution in [-0.2, 0) is 6.54 Å². The Labute approximate surface area is 127 Å². The molecule has 2 rings (SSSR count). The molecule has 0 N–H and O–H groups in total. The van der Waals surface area contributed by atoms with Crippen LogP contribution in [-0.4, -0.2) is 33.1 Å². The van der Waals surface area contributed by atoms with Crippen LogP contribution in [0.3, 0.4) is 0 Å². The van der Waals surface area contributed by atoms with Crippen molar-refractivity contribution < 1.29 is 0 Å². The lowest BCUT2D eigenvalue weighted by atomic mass is 10.2. The molecule has 114 valence electrons. The third kappa shape index (κ3) is 4.03. The molecule has 21 heavy (non-hydrogen) atoms. The van der Waals surface area contributed by atoms with Crippen LogP contribution in [0.5, 0.6) is 0 Å². The highest BCUT2D eigenvalue weighted by Gasteiger charge is 2.09. The van der Waals surface area contributed by atoms with Crippen LogP contribution in [0.1, 0.15) is 43.5 Å². The van der Waals surface area contributed by atoms with Crippen LogP contribution >= 0.6 is 0 Å². The zero-order chi connectivity index (χ0) is 15.4. The van der Waals surface area contributed by atoms with Crippen LogP contribution < -0.4 is 4.90 Å². The van der Waals surface area contributed by atoms with Crippen LogP contribution in [0, 0.1) is 13.8 Å². The van der Waals surface area contributed by atoms with Gasteiger partial charge in [-0.05, 0) is 20.3 Å². The fraction of sp³-hybridized carbons (Fsp3) is 0.562. The van der Waals surface area contributed by atoms with Gasteiger partial charge in [-0.15, -0.1) is 0 Å². The summed E-state index contributed by atoms with van der Waals surface area (Å²) in [5, 5.41) is 0. The summed E-state index contributed by atoms with van der Waals surface area (Å²) in [7, 11) is 2.09. The fourth-order valence-corrected chi connectivity index (χ4v) is 2.26. The van der Waals surface area contributed by atoms with Crippen molar-refractivity contribution in [2.24, 2.45) is 0 Å². The molecule has 0 spiro atoms. The summed E-state index contributed by atoms with van der Waals surface area (Å²) in [5.41, 5.74) is 1.03. The lowest BCUT2D eigenvalue weighted by Gasteiger charge is -2.20. The second kappa shape index (κ2) is 6.70. The second-order valence-electron chi connectivity index (χ2n) is 5.82. The molecule has 5 nitrogen and oxygen atoms in total. The van der Waals surface area contributed by atoms with Crippen molar-refractivity contribution in [3.05, 3.63) is 35.8 Å². The molecular weight excluding hydrogens is 262 g/mol. The van der Waals surface area contributed by atoms with Gasteiger partial charge in [-0.3, -0.25) is 0 Å². The minimum Gasteiger partial charge on any atom is -0.359 e. The van der Waals surface area contributed by atoms with Crippen LogP contribution in [0.2, 0.25) is 0 Å². The summed E-state index contributed by atoms with van der Waals surface area (Å²) in [5.74, 6) is 3.35. The van der Waals surface area contributed by atoms with E-state index in [2.05, 4.69) is 45.3 Å². The van der Waals surface area contributed by atoms with E-state index in [1.807, 2.05) is 32.3 Å². The highest BCUT2D eigenvalue weighted by molar-refractivity contribution is 5.38. The Hall–Kier alpha value is -1.91. The summed E-state index contributed by atoms with van der Waals surface area (Å²) in [6.45, 7) is 10.3. The first-order valence-electron chi connectivity index (χ1n) is 7.52. The number of anilines is 1. The quantitative estimate of drug-likeness (QED) is 0.819. The van der Waals surface area contributed by atoms with E-state index in [-0.39, 0.29) is 0 Å². The Morgan fingerprint density at radius 3 is 2.62 bits per heavy atom. The summed E-state index contributed by atoms with van der Waals surface area (Å²) in [6.07, 6.45) is 4.94. The van der Waals surface area contributed by atoms with Gasteiger partial charge < -0.3 is 9.47 Å². The Morgan fingerprint density at radius 2 is 2.00 bits per heavy atom. The molecule has 0 saturated carbocycles. The van der Waals surface area contributed by atoms with E-state index in [1.165, 1.54) is 0 Å². The smallest absolute Gasteiger partial charge is 0.133 e. The first-order chi connectivity index (χ1) is 9.97. The summed E-state index contributed by atoms with van der Waals surface area (Å²) in [6, 6.07) is 2.05. The van der Waals surface area contributed by atoms with Crippen molar-refractivity contribution in [2.45, 2.75) is 46.6 Å². The van der Waals surface area contributed by atoms with Crippen molar-refractivity contribution in [1.29, 1.82) is 0 Å². The average Bonchev–Trinajstić information content (AvgIpc) is 2.83. The molecule has 0 amide bonds. The molecule has 0 fully saturated rings. The zero-order valence-electron chi connectivity index (χ0n) is 13.7. The molecule has 0 atom stereocenters. The predicted molar refractivity (Wildman–Crippen MR) is 85.7 cm³/mol. The zero-order valence-corrected chi connectivity index (χ0v) is 13.7. The van der Waals surface area contributed by atoms with Gasteiger partial charge in [0, 0.05) is 50.2 Å². The molecule has 0 bridgehead atoms. The van der Waals surface area contributed by atoms with Gasteiger partial charge in [0.2, 0.25) is 0 Å². The maximum Gasteiger partial charge on any atom is 0.133 e. The molecule has 0 aliphatic rings. The number of hydrogen-bond donors (Lipinski definition) is 0. The van der Waals surface area contributed by atoms with Gasteiger partial charge in [0.25, 0.3) is 0 Å². The molecule has 0 aromatic carbocycles. The summed E-state index contributed by atoms with van der Waals surface area (Å²) >= 11 is 0. The normalized spacial score (nSPS) is 11.1. The van der Waals surface area contributed by atoms with Gasteiger partial charge in [-0.1, -0.05) is 13.8 Å². The molecule has 0 radical (unpaired) electrons. The lowest BCUT2D eigenvalue weighted by molar-refractivity contribution is 0.619. The van der Waals surface area contributed by atoms with E-state index in [0.29, 0.717) is 5.92 Å². The van der Waals surface area contributed by atoms with Crippen molar-refractivity contribution in [3.8, 4) is 0 Å². The van der Waals surface area contributed by atoms with E-state index in [4.69, 9.17) is 0 Å². The number of imidazole rings is 1. The molecular formula is C16H25N5. The maximum atomic E-state index is 4.66. The number of aromatic nitrogens is 4. The molecule has 0 unspecified atom stereocenters. The summed E-state index contributed by atoms with van der Waals surface area (Å²) < 4.78 is 2.18. The Morgan fingerprint density at radius 1 is 1.24 bits per heavy atom. The van der Waals surface area contributed by atoms with Crippen molar-refractivity contribution in [2.75, 3.05) is 18.5 Å². The molecule has 5 heteroatoms. The minimum atomic E-state index is 0.352. The number of aryl methyl sites for hydroxylation is 3. The van der Waals surface area contributed by atoms with Crippen molar-refractivity contribution in [3.63, 3.8) is 0 Å². The Kier molecular flexibility index (Phi) is 4.94. The molecule has 0 aliphatic heterocycles. The predicted octanol–water partition coefficient (Wildman–Crippen LogP) is 2.94. The number of rotatable bonds is 6. The van der Waals surface area contributed by atoms with Crippen molar-refractivity contribution >= 4 is 5.82 Å². The van der Waals surface area contributed by atoms with E-state index in [0.717, 1.165) is 42.7 Å².